The predicted molar refractivity (Wildman–Crippen MR) is 87.2 cm³/mol. The number of carbonyl (C=O) groups excluding carboxylic acids is 1. The summed E-state index contributed by atoms with van der Waals surface area (Å²) in [6.45, 7) is 0. The van der Waals surface area contributed by atoms with E-state index in [1.165, 1.54) is 53.1 Å². The van der Waals surface area contributed by atoms with E-state index < -0.39 is 22.0 Å². The lowest BCUT2D eigenvalue weighted by Crippen LogP contribution is -2.28. The average Bonchev–Trinajstić information content (AvgIpc) is 2.96. The number of halogens is 3. The molecular formula is C16H11F3N2O3S. The van der Waals surface area contributed by atoms with Crippen molar-refractivity contribution in [3.8, 4) is 0 Å². The summed E-state index contributed by atoms with van der Waals surface area (Å²) >= 11 is 1.26. The van der Waals surface area contributed by atoms with Crippen LogP contribution in [0.1, 0.15) is 16.5 Å². The van der Waals surface area contributed by atoms with Gasteiger partial charge in [0.05, 0.1) is 16.2 Å². The molecule has 2 aromatic rings. The van der Waals surface area contributed by atoms with Crippen molar-refractivity contribution in [1.29, 1.82) is 0 Å². The molecule has 1 saturated heterocycles. The summed E-state index contributed by atoms with van der Waals surface area (Å²) in [7, 11) is 0. The summed E-state index contributed by atoms with van der Waals surface area (Å²) in [4.78, 5) is 23.7. The maximum absolute atomic E-state index is 12.9. The second-order valence-electron chi connectivity index (χ2n) is 5.32. The Balaban J connectivity index is 1.96. The molecule has 0 aromatic heterocycles. The molecule has 1 fully saturated rings. The van der Waals surface area contributed by atoms with E-state index in [1.54, 1.807) is 0 Å². The summed E-state index contributed by atoms with van der Waals surface area (Å²) in [5, 5.41) is 10.2. The standard InChI is InChI=1S/C16H11F3N2O3S/c17-16(18,19)11-2-1-3-13(8-11)20-14(22)9-25-15(20)10-4-6-12(7-5-10)21(23)24/h1-8,15H,9H2/t15-/m1/s1. The van der Waals surface area contributed by atoms with Gasteiger partial charge in [-0.25, -0.2) is 0 Å². The largest absolute Gasteiger partial charge is 0.416 e. The fourth-order valence-corrected chi connectivity index (χ4v) is 3.72. The van der Waals surface area contributed by atoms with Gasteiger partial charge in [0.1, 0.15) is 5.37 Å². The summed E-state index contributed by atoms with van der Waals surface area (Å²) in [6, 6.07) is 10.2. The van der Waals surface area contributed by atoms with Gasteiger partial charge in [-0.15, -0.1) is 11.8 Å². The van der Waals surface area contributed by atoms with Gasteiger partial charge in [0.2, 0.25) is 5.91 Å². The van der Waals surface area contributed by atoms with Gasteiger partial charge in [-0.05, 0) is 35.9 Å². The summed E-state index contributed by atoms with van der Waals surface area (Å²) in [6.07, 6.45) is -4.51. The Morgan fingerprint density at radius 3 is 2.44 bits per heavy atom. The maximum atomic E-state index is 12.9. The van der Waals surface area contributed by atoms with Crippen molar-refractivity contribution in [3.05, 3.63) is 69.8 Å². The van der Waals surface area contributed by atoms with E-state index >= 15 is 0 Å². The topological polar surface area (TPSA) is 63.4 Å². The van der Waals surface area contributed by atoms with Crippen LogP contribution in [0.2, 0.25) is 0 Å². The molecule has 5 nitrogen and oxygen atoms in total. The number of anilines is 1. The highest BCUT2D eigenvalue weighted by atomic mass is 32.2. The van der Waals surface area contributed by atoms with Crippen molar-refractivity contribution < 1.29 is 22.9 Å². The highest BCUT2D eigenvalue weighted by molar-refractivity contribution is 8.00. The van der Waals surface area contributed by atoms with Crippen LogP contribution in [-0.4, -0.2) is 16.6 Å². The first-order valence-electron chi connectivity index (χ1n) is 7.12. The Morgan fingerprint density at radius 2 is 1.84 bits per heavy atom. The molecule has 0 unspecified atom stereocenters. The Bertz CT molecular complexity index is 824. The number of alkyl halides is 3. The predicted octanol–water partition coefficient (Wildman–Crippen LogP) is 4.39. The van der Waals surface area contributed by atoms with Gasteiger partial charge in [-0.2, -0.15) is 13.2 Å². The van der Waals surface area contributed by atoms with Crippen molar-refractivity contribution in [2.45, 2.75) is 11.6 Å². The van der Waals surface area contributed by atoms with Crippen molar-refractivity contribution in [3.63, 3.8) is 0 Å². The Kier molecular flexibility index (Phi) is 4.42. The molecule has 0 N–H and O–H groups in total. The molecule has 1 aliphatic rings. The average molecular weight is 368 g/mol. The van der Waals surface area contributed by atoms with Crippen LogP contribution in [0.15, 0.2) is 48.5 Å². The molecule has 1 amide bonds. The summed E-state index contributed by atoms with van der Waals surface area (Å²) < 4.78 is 38.8. The molecule has 25 heavy (non-hydrogen) atoms. The number of rotatable bonds is 3. The fraction of sp³-hybridized carbons (Fsp3) is 0.188. The fourth-order valence-electron chi connectivity index (χ4n) is 2.54. The molecule has 1 aliphatic heterocycles. The van der Waals surface area contributed by atoms with E-state index in [0.29, 0.717) is 5.56 Å². The van der Waals surface area contributed by atoms with Gasteiger partial charge in [-0.1, -0.05) is 6.07 Å². The van der Waals surface area contributed by atoms with Gasteiger partial charge in [0.25, 0.3) is 5.69 Å². The Hall–Kier alpha value is -2.55. The first kappa shape index (κ1) is 17.3. The Morgan fingerprint density at radius 1 is 1.16 bits per heavy atom. The van der Waals surface area contributed by atoms with Crippen molar-refractivity contribution in [1.82, 2.24) is 0 Å². The highest BCUT2D eigenvalue weighted by Crippen LogP contribution is 2.43. The quantitative estimate of drug-likeness (QED) is 0.595. The molecule has 0 aliphatic carbocycles. The molecular weight excluding hydrogens is 357 g/mol. The van der Waals surface area contributed by atoms with Crippen molar-refractivity contribution in [2.24, 2.45) is 0 Å². The van der Waals surface area contributed by atoms with Crippen LogP contribution in [-0.2, 0) is 11.0 Å². The number of hydrogen-bond acceptors (Lipinski definition) is 4. The van der Waals surface area contributed by atoms with E-state index in [4.69, 9.17) is 0 Å². The molecule has 0 spiro atoms. The minimum atomic E-state index is -4.51. The van der Waals surface area contributed by atoms with Crippen LogP contribution in [0.5, 0.6) is 0 Å². The smallest absolute Gasteiger partial charge is 0.295 e. The molecule has 3 rings (SSSR count). The molecule has 2 aromatic carbocycles. The van der Waals surface area contributed by atoms with Crippen molar-refractivity contribution in [2.75, 3.05) is 10.7 Å². The monoisotopic (exact) mass is 368 g/mol. The zero-order valence-corrected chi connectivity index (χ0v) is 13.4. The second-order valence-corrected chi connectivity index (χ2v) is 6.39. The van der Waals surface area contributed by atoms with Crippen LogP contribution in [0.4, 0.5) is 24.5 Å². The second kappa shape index (κ2) is 6.40. The van der Waals surface area contributed by atoms with Crippen LogP contribution in [0, 0.1) is 10.1 Å². The zero-order chi connectivity index (χ0) is 18.2. The number of amides is 1. The molecule has 130 valence electrons. The summed E-state index contributed by atoms with van der Waals surface area (Å²) in [5.41, 5.74) is -0.173. The van der Waals surface area contributed by atoms with Crippen LogP contribution < -0.4 is 4.90 Å². The minimum Gasteiger partial charge on any atom is -0.295 e. The third-order valence-corrected chi connectivity index (χ3v) is 4.92. The first-order chi connectivity index (χ1) is 11.8. The lowest BCUT2D eigenvalue weighted by molar-refractivity contribution is -0.384. The van der Waals surface area contributed by atoms with Gasteiger partial charge >= 0.3 is 6.18 Å². The van der Waals surface area contributed by atoms with Gasteiger partial charge in [-0.3, -0.25) is 19.8 Å². The number of nitrogens with zero attached hydrogens (tertiary/aromatic N) is 2. The molecule has 1 atom stereocenters. The van der Waals surface area contributed by atoms with Crippen LogP contribution >= 0.6 is 11.8 Å². The molecule has 0 radical (unpaired) electrons. The van der Waals surface area contributed by atoms with Crippen LogP contribution in [0.25, 0.3) is 0 Å². The van der Waals surface area contributed by atoms with Gasteiger partial charge < -0.3 is 0 Å². The SMILES string of the molecule is O=C1CS[C@H](c2ccc([N+](=O)[O-])cc2)N1c1cccc(C(F)(F)F)c1. The number of carbonyl (C=O) groups is 1. The third kappa shape index (κ3) is 3.46. The summed E-state index contributed by atoms with van der Waals surface area (Å²) in [5.74, 6) is -0.189. The van der Waals surface area contributed by atoms with E-state index in [2.05, 4.69) is 0 Å². The molecule has 1 heterocycles. The van der Waals surface area contributed by atoms with Crippen molar-refractivity contribution >= 4 is 29.0 Å². The number of thioether (sulfide) groups is 1. The Labute approximate surface area is 144 Å². The van der Waals surface area contributed by atoms with E-state index in [9.17, 15) is 28.1 Å². The normalized spacial score (nSPS) is 17.8. The van der Waals surface area contributed by atoms with Crippen LogP contribution in [0.3, 0.4) is 0 Å². The minimum absolute atomic E-state index is 0.0938. The van der Waals surface area contributed by atoms with Gasteiger partial charge in [0, 0.05) is 17.8 Å². The first-order valence-corrected chi connectivity index (χ1v) is 8.17. The number of nitro groups is 1. The number of benzene rings is 2. The molecule has 0 saturated carbocycles. The number of non-ortho nitro benzene ring substituents is 1. The molecule has 0 bridgehead atoms. The molecule has 9 heteroatoms. The van der Waals surface area contributed by atoms with E-state index in [1.807, 2.05) is 0 Å². The number of hydrogen-bond donors (Lipinski definition) is 0. The third-order valence-electron chi connectivity index (χ3n) is 3.71. The van der Waals surface area contributed by atoms with E-state index in [-0.39, 0.29) is 23.0 Å². The lowest BCUT2D eigenvalue weighted by atomic mass is 10.1. The lowest BCUT2D eigenvalue weighted by Gasteiger charge is -2.25. The zero-order valence-electron chi connectivity index (χ0n) is 12.6. The maximum Gasteiger partial charge on any atom is 0.416 e. The number of nitro benzene ring substituents is 1. The van der Waals surface area contributed by atoms with Gasteiger partial charge in [0.15, 0.2) is 0 Å². The van der Waals surface area contributed by atoms with E-state index in [0.717, 1.165) is 12.1 Å². The highest BCUT2D eigenvalue weighted by Gasteiger charge is 2.36.